The summed E-state index contributed by atoms with van der Waals surface area (Å²) in [6, 6.07) is 3.98. The van der Waals surface area contributed by atoms with Crippen LogP contribution in [0, 0.1) is 11.6 Å². The van der Waals surface area contributed by atoms with E-state index in [4.69, 9.17) is 0 Å². The minimum Gasteiger partial charge on any atom is -0.353 e. The van der Waals surface area contributed by atoms with Crippen LogP contribution in [-0.2, 0) is 4.79 Å². The summed E-state index contributed by atoms with van der Waals surface area (Å²) >= 11 is 0. The third-order valence-corrected chi connectivity index (χ3v) is 4.81. The largest absolute Gasteiger partial charge is 0.353 e. The van der Waals surface area contributed by atoms with Gasteiger partial charge in [-0.3, -0.25) is 9.79 Å². The van der Waals surface area contributed by atoms with Gasteiger partial charge in [-0.25, -0.2) is 8.78 Å². The number of piperazine rings is 1. The summed E-state index contributed by atoms with van der Waals surface area (Å²) in [4.78, 5) is 19.9. The molecule has 1 heterocycles. The molecule has 1 saturated carbocycles. The molecule has 1 saturated heterocycles. The second kappa shape index (κ2) is 7.37. The summed E-state index contributed by atoms with van der Waals surface area (Å²) in [5, 5.41) is 3.35. The highest BCUT2D eigenvalue weighted by Gasteiger charge is 2.43. The Labute approximate surface area is 146 Å². The maximum atomic E-state index is 13.9. The first-order valence-corrected chi connectivity index (χ1v) is 8.76. The van der Waals surface area contributed by atoms with Crippen LogP contribution >= 0.6 is 0 Å². The highest BCUT2D eigenvalue weighted by molar-refractivity contribution is 5.81. The van der Waals surface area contributed by atoms with Gasteiger partial charge < -0.3 is 15.1 Å². The van der Waals surface area contributed by atoms with Crippen LogP contribution in [-0.4, -0.2) is 60.4 Å². The predicted molar refractivity (Wildman–Crippen MR) is 92.4 cm³/mol. The van der Waals surface area contributed by atoms with Gasteiger partial charge in [-0.1, -0.05) is 6.07 Å². The van der Waals surface area contributed by atoms with Crippen molar-refractivity contribution in [2.45, 2.75) is 32.2 Å². The number of nitrogens with zero attached hydrogens (tertiary/aromatic N) is 3. The van der Waals surface area contributed by atoms with Gasteiger partial charge in [-0.15, -0.1) is 0 Å². The van der Waals surface area contributed by atoms with E-state index in [-0.39, 0.29) is 23.4 Å². The Morgan fingerprint density at radius 1 is 1.20 bits per heavy atom. The molecular weight excluding hydrogens is 326 g/mol. The van der Waals surface area contributed by atoms with Crippen molar-refractivity contribution in [2.24, 2.45) is 4.99 Å². The summed E-state index contributed by atoms with van der Waals surface area (Å²) < 4.78 is 27.9. The lowest BCUT2D eigenvalue weighted by atomic mass is 10.1. The zero-order chi connectivity index (χ0) is 18.0. The molecular formula is C18H24F2N4O. The van der Waals surface area contributed by atoms with Crippen LogP contribution < -0.4 is 5.32 Å². The fraction of sp³-hybridized carbons (Fsp3) is 0.556. The first-order valence-electron chi connectivity index (χ1n) is 8.76. The van der Waals surface area contributed by atoms with Gasteiger partial charge in [0.25, 0.3) is 0 Å². The monoisotopic (exact) mass is 350 g/mol. The predicted octanol–water partition coefficient (Wildman–Crippen LogP) is 1.95. The maximum Gasteiger partial charge on any atom is 0.219 e. The van der Waals surface area contributed by atoms with Gasteiger partial charge in [0.1, 0.15) is 11.6 Å². The number of carbonyl (C=O) groups excluding carboxylic acids is 1. The molecule has 2 atom stereocenters. The average Bonchev–Trinajstić information content (AvgIpc) is 3.33. The fourth-order valence-electron chi connectivity index (χ4n) is 3.32. The van der Waals surface area contributed by atoms with E-state index in [1.807, 2.05) is 11.8 Å². The van der Waals surface area contributed by atoms with Crippen molar-refractivity contribution in [2.75, 3.05) is 32.7 Å². The first-order chi connectivity index (χ1) is 12.0. The molecule has 0 aromatic heterocycles. The Bertz CT molecular complexity index is 651. The normalized spacial score (nSPS) is 23.6. The lowest BCUT2D eigenvalue weighted by molar-refractivity contribution is -0.130. The van der Waals surface area contributed by atoms with Crippen molar-refractivity contribution in [3.05, 3.63) is 35.4 Å². The van der Waals surface area contributed by atoms with E-state index in [0.29, 0.717) is 39.1 Å². The van der Waals surface area contributed by atoms with Crippen molar-refractivity contribution in [3.8, 4) is 0 Å². The lowest BCUT2D eigenvalue weighted by Crippen LogP contribution is -2.53. The summed E-state index contributed by atoms with van der Waals surface area (Å²) in [6.07, 6.45) is 0.688. The number of aliphatic imine (C=N–C) groups is 1. The highest BCUT2D eigenvalue weighted by atomic mass is 19.1. The van der Waals surface area contributed by atoms with Crippen molar-refractivity contribution in [3.63, 3.8) is 0 Å². The number of hydrogen-bond acceptors (Lipinski definition) is 2. The van der Waals surface area contributed by atoms with E-state index in [2.05, 4.69) is 15.2 Å². The van der Waals surface area contributed by atoms with Gasteiger partial charge in [0.2, 0.25) is 5.91 Å². The molecule has 2 unspecified atom stereocenters. The van der Waals surface area contributed by atoms with Crippen molar-refractivity contribution in [1.29, 1.82) is 0 Å². The highest BCUT2D eigenvalue weighted by Crippen LogP contribution is 2.43. The second-order valence-corrected chi connectivity index (χ2v) is 6.52. The fourth-order valence-corrected chi connectivity index (χ4v) is 3.32. The first kappa shape index (κ1) is 17.6. The molecule has 0 radical (unpaired) electrons. The Morgan fingerprint density at radius 3 is 2.36 bits per heavy atom. The second-order valence-electron chi connectivity index (χ2n) is 6.52. The van der Waals surface area contributed by atoms with Crippen LogP contribution in [0.1, 0.15) is 31.7 Å². The zero-order valence-electron chi connectivity index (χ0n) is 14.6. The molecule has 3 rings (SSSR count). The Kier molecular flexibility index (Phi) is 5.20. The van der Waals surface area contributed by atoms with Crippen molar-refractivity contribution < 1.29 is 13.6 Å². The molecule has 7 heteroatoms. The molecule has 2 aliphatic rings. The summed E-state index contributed by atoms with van der Waals surface area (Å²) in [5.74, 6) is -0.299. The molecule has 25 heavy (non-hydrogen) atoms. The lowest BCUT2D eigenvalue weighted by Gasteiger charge is -2.36. The average molecular weight is 350 g/mol. The van der Waals surface area contributed by atoms with Gasteiger partial charge >= 0.3 is 0 Å². The van der Waals surface area contributed by atoms with Gasteiger partial charge in [0.15, 0.2) is 5.96 Å². The van der Waals surface area contributed by atoms with E-state index >= 15 is 0 Å². The smallest absolute Gasteiger partial charge is 0.219 e. The number of benzene rings is 1. The Hall–Kier alpha value is -2.18. The van der Waals surface area contributed by atoms with E-state index in [9.17, 15) is 13.6 Å². The number of amides is 1. The molecule has 0 spiro atoms. The molecule has 1 aromatic carbocycles. The van der Waals surface area contributed by atoms with Crippen LogP contribution in [0.25, 0.3) is 0 Å². The summed E-state index contributed by atoms with van der Waals surface area (Å²) in [7, 11) is 0. The van der Waals surface area contributed by atoms with Crippen LogP contribution in [0.2, 0.25) is 0 Å². The van der Waals surface area contributed by atoms with E-state index in [1.54, 1.807) is 6.92 Å². The number of guanidine groups is 1. The van der Waals surface area contributed by atoms with Crippen LogP contribution in [0.3, 0.4) is 0 Å². The molecule has 136 valence electrons. The number of carbonyl (C=O) groups is 1. The van der Waals surface area contributed by atoms with Gasteiger partial charge in [-0.2, -0.15) is 0 Å². The molecule has 1 N–H and O–H groups in total. The number of nitrogens with one attached hydrogen (secondary N) is 1. The van der Waals surface area contributed by atoms with Crippen LogP contribution in [0.5, 0.6) is 0 Å². The van der Waals surface area contributed by atoms with Crippen molar-refractivity contribution >= 4 is 11.9 Å². The van der Waals surface area contributed by atoms with Gasteiger partial charge in [0.05, 0.1) is 0 Å². The molecule has 1 aliphatic carbocycles. The molecule has 1 aromatic rings. The minimum atomic E-state index is -0.488. The van der Waals surface area contributed by atoms with Crippen molar-refractivity contribution in [1.82, 2.24) is 15.1 Å². The minimum absolute atomic E-state index is 0.0115. The molecule has 1 aliphatic heterocycles. The number of halogens is 2. The Balaban J connectivity index is 1.63. The molecule has 1 amide bonds. The SMILES string of the molecule is CCN=C(NC1CC1c1c(F)cccc1F)N1CCN(C(C)=O)CC1. The summed E-state index contributed by atoms with van der Waals surface area (Å²) in [5.41, 5.74) is 0.164. The molecule has 0 bridgehead atoms. The van der Waals surface area contributed by atoms with E-state index < -0.39 is 11.6 Å². The van der Waals surface area contributed by atoms with Crippen LogP contribution in [0.15, 0.2) is 23.2 Å². The van der Waals surface area contributed by atoms with Crippen LogP contribution in [0.4, 0.5) is 8.78 Å². The molecule has 2 fully saturated rings. The standard InChI is InChI=1S/C18H24F2N4O/c1-3-21-18(24-9-7-23(8-10-24)12(2)25)22-16-11-13(16)17-14(19)5-4-6-15(17)20/h4-6,13,16H,3,7-11H2,1-2H3,(H,21,22). The molecule has 5 nitrogen and oxygen atoms in total. The third-order valence-electron chi connectivity index (χ3n) is 4.81. The Morgan fingerprint density at radius 2 is 1.80 bits per heavy atom. The maximum absolute atomic E-state index is 13.9. The topological polar surface area (TPSA) is 47.9 Å². The van der Waals surface area contributed by atoms with Gasteiger partial charge in [-0.05, 0) is 25.5 Å². The van der Waals surface area contributed by atoms with E-state index in [0.717, 1.165) is 5.96 Å². The van der Waals surface area contributed by atoms with E-state index in [1.165, 1.54) is 18.2 Å². The number of hydrogen-bond donors (Lipinski definition) is 1. The third kappa shape index (κ3) is 3.91. The number of rotatable bonds is 3. The quantitative estimate of drug-likeness (QED) is 0.670. The zero-order valence-corrected chi connectivity index (χ0v) is 14.6. The van der Waals surface area contributed by atoms with Gasteiger partial charge in [0, 0.05) is 57.2 Å². The summed E-state index contributed by atoms with van der Waals surface area (Å²) in [6.45, 7) is 6.89.